The number of carbonyl (C=O) groups excluding carboxylic acids is 1. The van der Waals surface area contributed by atoms with Crippen LogP contribution in [-0.2, 0) is 20.8 Å². The summed E-state index contributed by atoms with van der Waals surface area (Å²) >= 11 is 0. The molecule has 1 saturated heterocycles. The van der Waals surface area contributed by atoms with Crippen molar-refractivity contribution in [2.45, 2.75) is 31.5 Å². The number of hydrogen-bond donors (Lipinski definition) is 0. The van der Waals surface area contributed by atoms with E-state index in [2.05, 4.69) is 17.1 Å². The van der Waals surface area contributed by atoms with Crippen LogP contribution in [0.5, 0.6) is 0 Å². The maximum Gasteiger partial charge on any atom is 0.537 e. The van der Waals surface area contributed by atoms with E-state index in [9.17, 15) is 4.79 Å². The Morgan fingerprint density at radius 2 is 1.77 bits per heavy atom. The summed E-state index contributed by atoms with van der Waals surface area (Å²) in [5.41, 5.74) is 2.01. The molecule has 2 aliphatic heterocycles. The SMILES string of the molecule is COC[C@@H]1CCCN1[N+]1(C(=O)OCc2ccccc2)CC=C(OC)[C@@H]1c1ccccc1. The number of rotatable bonds is 7. The first-order valence-electron chi connectivity index (χ1n) is 10.8. The monoisotopic (exact) mass is 423 g/mol. The lowest BCUT2D eigenvalue weighted by Crippen LogP contribution is -2.65. The fourth-order valence-corrected chi connectivity index (χ4v) is 4.92. The lowest BCUT2D eigenvalue weighted by Gasteiger charge is -2.44. The average Bonchev–Trinajstić information content (AvgIpc) is 3.44. The van der Waals surface area contributed by atoms with Gasteiger partial charge >= 0.3 is 6.09 Å². The Bertz CT molecular complexity index is 902. The summed E-state index contributed by atoms with van der Waals surface area (Å²) in [6, 6.07) is 19.8. The van der Waals surface area contributed by atoms with E-state index < -0.39 is 0 Å². The summed E-state index contributed by atoms with van der Waals surface area (Å²) in [5.74, 6) is 0.797. The zero-order valence-electron chi connectivity index (χ0n) is 18.3. The molecule has 4 rings (SSSR count). The molecule has 0 aliphatic carbocycles. The highest BCUT2D eigenvalue weighted by molar-refractivity contribution is 5.61. The summed E-state index contributed by atoms with van der Waals surface area (Å²) in [6.07, 6.45) is 3.78. The molecular weight excluding hydrogens is 392 g/mol. The van der Waals surface area contributed by atoms with Crippen LogP contribution < -0.4 is 0 Å². The predicted molar refractivity (Wildman–Crippen MR) is 118 cm³/mol. The van der Waals surface area contributed by atoms with E-state index in [4.69, 9.17) is 14.2 Å². The molecule has 0 aromatic heterocycles. The molecule has 2 aliphatic rings. The maximum atomic E-state index is 13.9. The van der Waals surface area contributed by atoms with Gasteiger partial charge in [-0.05, 0) is 18.4 Å². The summed E-state index contributed by atoms with van der Waals surface area (Å²) < 4.78 is 17.3. The second-order valence-electron chi connectivity index (χ2n) is 8.09. The fourth-order valence-electron chi connectivity index (χ4n) is 4.92. The number of carbonyl (C=O) groups is 1. The summed E-state index contributed by atoms with van der Waals surface area (Å²) in [4.78, 5) is 13.9. The molecule has 6 nitrogen and oxygen atoms in total. The van der Waals surface area contributed by atoms with Gasteiger partial charge in [0.1, 0.15) is 13.2 Å². The number of methoxy groups -OCH3 is 2. The molecule has 31 heavy (non-hydrogen) atoms. The molecule has 164 valence electrons. The molecule has 1 fully saturated rings. The van der Waals surface area contributed by atoms with Crippen LogP contribution in [-0.4, -0.2) is 55.7 Å². The fraction of sp³-hybridized carbons (Fsp3) is 0.400. The Morgan fingerprint density at radius 1 is 1.06 bits per heavy atom. The topological polar surface area (TPSA) is 48.0 Å². The van der Waals surface area contributed by atoms with Crippen molar-refractivity contribution < 1.29 is 23.6 Å². The van der Waals surface area contributed by atoms with Crippen molar-refractivity contribution in [3.05, 3.63) is 83.6 Å². The molecule has 1 amide bonds. The van der Waals surface area contributed by atoms with Gasteiger partial charge in [0.15, 0.2) is 5.76 Å². The lowest BCUT2D eigenvalue weighted by atomic mass is 10.0. The first kappa shape index (κ1) is 21.6. The van der Waals surface area contributed by atoms with E-state index >= 15 is 0 Å². The summed E-state index contributed by atoms with van der Waals surface area (Å²) in [7, 11) is 3.39. The molecular formula is C25H31N2O4+. The summed E-state index contributed by atoms with van der Waals surface area (Å²) in [5, 5.41) is 2.26. The van der Waals surface area contributed by atoms with Crippen molar-refractivity contribution >= 4 is 6.09 Å². The first-order chi connectivity index (χ1) is 15.2. The molecule has 0 saturated carbocycles. The van der Waals surface area contributed by atoms with Crippen molar-refractivity contribution in [1.82, 2.24) is 5.01 Å². The van der Waals surface area contributed by atoms with Crippen LogP contribution in [0.2, 0.25) is 0 Å². The number of hydrogen-bond acceptors (Lipinski definition) is 5. The van der Waals surface area contributed by atoms with Crippen molar-refractivity contribution in [2.75, 3.05) is 33.9 Å². The van der Waals surface area contributed by atoms with Crippen molar-refractivity contribution in [2.24, 2.45) is 0 Å². The smallest absolute Gasteiger partial charge is 0.494 e. The van der Waals surface area contributed by atoms with E-state index in [1.807, 2.05) is 54.6 Å². The van der Waals surface area contributed by atoms with E-state index in [1.165, 1.54) is 0 Å². The number of amides is 1. The highest BCUT2D eigenvalue weighted by Gasteiger charge is 2.60. The minimum Gasteiger partial charge on any atom is -0.494 e. The molecule has 0 spiro atoms. The molecule has 2 aromatic rings. The van der Waals surface area contributed by atoms with Gasteiger partial charge in [0, 0.05) is 25.3 Å². The van der Waals surface area contributed by atoms with E-state index in [1.54, 1.807) is 14.2 Å². The molecule has 1 unspecified atom stereocenters. The lowest BCUT2D eigenvalue weighted by molar-refractivity contribution is -0.987. The number of nitrogens with zero attached hydrogens (tertiary/aromatic N) is 2. The zero-order chi connectivity index (χ0) is 21.7. The largest absolute Gasteiger partial charge is 0.537 e. The van der Waals surface area contributed by atoms with Gasteiger partial charge in [0.2, 0.25) is 6.04 Å². The molecule has 6 heteroatoms. The van der Waals surface area contributed by atoms with Gasteiger partial charge < -0.3 is 14.2 Å². The quantitative estimate of drug-likeness (QED) is 0.616. The van der Waals surface area contributed by atoms with Crippen molar-refractivity contribution in [1.29, 1.82) is 0 Å². The average molecular weight is 424 g/mol. The van der Waals surface area contributed by atoms with Crippen LogP contribution in [0.3, 0.4) is 0 Å². The third-order valence-corrected chi connectivity index (χ3v) is 6.30. The van der Waals surface area contributed by atoms with E-state index in [0.29, 0.717) is 13.2 Å². The number of ether oxygens (including phenoxy) is 3. The summed E-state index contributed by atoms with van der Waals surface area (Å²) in [6.45, 7) is 2.13. The van der Waals surface area contributed by atoms with E-state index in [0.717, 1.165) is 36.3 Å². The Balaban J connectivity index is 1.72. The molecule has 3 atom stereocenters. The van der Waals surface area contributed by atoms with Gasteiger partial charge in [-0.25, -0.2) is 0 Å². The normalized spacial score (nSPS) is 25.9. The Labute approximate surface area is 184 Å². The molecule has 0 radical (unpaired) electrons. The van der Waals surface area contributed by atoms with Crippen LogP contribution in [0, 0.1) is 0 Å². The minimum absolute atomic E-state index is 0.0496. The van der Waals surface area contributed by atoms with Crippen LogP contribution in [0.25, 0.3) is 0 Å². The van der Waals surface area contributed by atoms with Gasteiger partial charge in [-0.3, -0.25) is 0 Å². The molecule has 0 bridgehead atoms. The third-order valence-electron chi connectivity index (χ3n) is 6.30. The van der Waals surface area contributed by atoms with Gasteiger partial charge in [-0.1, -0.05) is 60.7 Å². The Kier molecular flexibility index (Phi) is 6.70. The number of benzene rings is 2. The van der Waals surface area contributed by atoms with Gasteiger partial charge in [-0.2, -0.15) is 4.79 Å². The molecule has 2 aromatic carbocycles. The van der Waals surface area contributed by atoms with Gasteiger partial charge in [-0.15, -0.1) is 9.60 Å². The van der Waals surface area contributed by atoms with Gasteiger partial charge in [0.25, 0.3) is 0 Å². The zero-order valence-corrected chi connectivity index (χ0v) is 18.3. The van der Waals surface area contributed by atoms with Crippen molar-refractivity contribution in [3.63, 3.8) is 0 Å². The highest BCUT2D eigenvalue weighted by atomic mass is 16.6. The Morgan fingerprint density at radius 3 is 2.45 bits per heavy atom. The van der Waals surface area contributed by atoms with Crippen LogP contribution >= 0.6 is 0 Å². The minimum atomic E-state index is -0.285. The standard InChI is InChI=1S/C25H31N2O4/c1-29-19-22-14-9-16-26(22)27(25(28)31-18-20-10-5-3-6-11-20)17-15-23(30-2)24(27)21-12-7-4-8-13-21/h3-8,10-13,15,22,24H,9,14,16-19H2,1-2H3/q+1/t22-,24-,27?/m0/s1. The Hall–Kier alpha value is -2.67. The second-order valence-corrected chi connectivity index (χ2v) is 8.09. The third kappa shape index (κ3) is 4.11. The van der Waals surface area contributed by atoms with Crippen LogP contribution in [0.15, 0.2) is 72.5 Å². The molecule has 0 N–H and O–H groups in total. The maximum absolute atomic E-state index is 13.9. The van der Waals surface area contributed by atoms with Crippen molar-refractivity contribution in [3.8, 4) is 0 Å². The number of quaternary nitrogens is 1. The second kappa shape index (κ2) is 9.64. The van der Waals surface area contributed by atoms with Crippen LogP contribution in [0.1, 0.15) is 30.0 Å². The first-order valence-corrected chi connectivity index (χ1v) is 10.8. The predicted octanol–water partition coefficient (Wildman–Crippen LogP) is 4.45. The van der Waals surface area contributed by atoms with Gasteiger partial charge in [0.05, 0.1) is 19.8 Å². The van der Waals surface area contributed by atoms with E-state index in [-0.39, 0.29) is 29.4 Å². The highest BCUT2D eigenvalue weighted by Crippen LogP contribution is 2.45. The molecule has 2 heterocycles. The van der Waals surface area contributed by atoms with Crippen LogP contribution in [0.4, 0.5) is 4.79 Å².